The lowest BCUT2D eigenvalue weighted by atomic mass is 9.69. The van der Waals surface area contributed by atoms with E-state index in [1.807, 2.05) is 18.2 Å². The van der Waals surface area contributed by atoms with Gasteiger partial charge in [-0.2, -0.15) is 0 Å². The normalized spacial score (nSPS) is 31.0. The third-order valence-corrected chi connectivity index (χ3v) is 4.45. The van der Waals surface area contributed by atoms with E-state index in [4.69, 9.17) is 9.47 Å². The maximum atomic E-state index is 11.1. The van der Waals surface area contributed by atoms with E-state index in [9.17, 15) is 5.11 Å². The van der Waals surface area contributed by atoms with Gasteiger partial charge in [-0.3, -0.25) is 0 Å². The van der Waals surface area contributed by atoms with Gasteiger partial charge in [0.05, 0.1) is 19.8 Å². The molecule has 2 rings (SSSR count). The highest BCUT2D eigenvalue weighted by Gasteiger charge is 2.40. The van der Waals surface area contributed by atoms with Crippen molar-refractivity contribution in [2.45, 2.75) is 38.7 Å². The molecule has 3 nitrogen and oxygen atoms in total. The van der Waals surface area contributed by atoms with Gasteiger partial charge in [-0.1, -0.05) is 26.3 Å². The first-order chi connectivity index (χ1) is 9.01. The van der Waals surface area contributed by atoms with E-state index in [-0.39, 0.29) is 5.92 Å². The Morgan fingerprint density at radius 3 is 2.42 bits per heavy atom. The Bertz CT molecular complexity index is 444. The lowest BCUT2D eigenvalue weighted by molar-refractivity contribution is -0.0628. The first kappa shape index (κ1) is 14.2. The molecule has 3 unspecified atom stereocenters. The van der Waals surface area contributed by atoms with Gasteiger partial charge < -0.3 is 14.6 Å². The number of methoxy groups -OCH3 is 2. The van der Waals surface area contributed by atoms with Crippen LogP contribution in [0.4, 0.5) is 0 Å². The molecule has 1 aromatic carbocycles. The van der Waals surface area contributed by atoms with Gasteiger partial charge in [-0.05, 0) is 42.4 Å². The molecule has 3 heteroatoms. The lowest BCUT2D eigenvalue weighted by Gasteiger charge is -2.41. The number of aliphatic hydroxyl groups is 1. The smallest absolute Gasteiger partial charge is 0.161 e. The summed E-state index contributed by atoms with van der Waals surface area (Å²) in [6.07, 6.45) is 3.06. The van der Waals surface area contributed by atoms with Gasteiger partial charge in [-0.15, -0.1) is 0 Å². The van der Waals surface area contributed by atoms with Crippen molar-refractivity contribution in [3.05, 3.63) is 23.8 Å². The van der Waals surface area contributed by atoms with E-state index in [2.05, 4.69) is 13.8 Å². The molecule has 1 aliphatic carbocycles. The Morgan fingerprint density at radius 2 is 1.79 bits per heavy atom. The molecule has 0 spiro atoms. The fourth-order valence-corrected chi connectivity index (χ4v) is 3.12. The number of hydrogen-bond acceptors (Lipinski definition) is 3. The Hall–Kier alpha value is -1.22. The fraction of sp³-hybridized carbons (Fsp3) is 0.625. The summed E-state index contributed by atoms with van der Waals surface area (Å²) in [6.45, 7) is 4.33. The zero-order valence-corrected chi connectivity index (χ0v) is 12.3. The molecule has 0 aromatic heterocycles. The summed E-state index contributed by atoms with van der Waals surface area (Å²) in [7, 11) is 3.25. The summed E-state index contributed by atoms with van der Waals surface area (Å²) < 4.78 is 10.6. The van der Waals surface area contributed by atoms with Crippen LogP contribution in [0.3, 0.4) is 0 Å². The molecule has 3 atom stereocenters. The highest BCUT2D eigenvalue weighted by Crippen LogP contribution is 2.45. The minimum absolute atomic E-state index is 0.266. The Kier molecular flexibility index (Phi) is 4.04. The zero-order chi connectivity index (χ0) is 14.0. The van der Waals surface area contributed by atoms with Crippen LogP contribution in [0.15, 0.2) is 18.2 Å². The summed E-state index contributed by atoms with van der Waals surface area (Å²) in [5.41, 5.74) is 0.182. The molecule has 0 saturated heterocycles. The van der Waals surface area contributed by atoms with E-state index >= 15 is 0 Å². The van der Waals surface area contributed by atoms with Crippen LogP contribution in [0.1, 0.15) is 38.7 Å². The first-order valence-electron chi connectivity index (χ1n) is 6.96. The molecule has 0 aliphatic heterocycles. The molecular formula is C16H24O3. The maximum Gasteiger partial charge on any atom is 0.161 e. The van der Waals surface area contributed by atoms with Gasteiger partial charge in [0.1, 0.15) is 0 Å². The van der Waals surface area contributed by atoms with E-state index in [0.717, 1.165) is 18.4 Å². The monoisotopic (exact) mass is 264 g/mol. The average molecular weight is 264 g/mol. The Balaban J connectivity index is 2.39. The number of ether oxygens (including phenoxy) is 2. The predicted molar refractivity (Wildman–Crippen MR) is 75.6 cm³/mol. The summed E-state index contributed by atoms with van der Waals surface area (Å²) in [4.78, 5) is 0. The van der Waals surface area contributed by atoms with Crippen LogP contribution >= 0.6 is 0 Å². The minimum Gasteiger partial charge on any atom is -0.493 e. The summed E-state index contributed by atoms with van der Waals surface area (Å²) in [5, 5.41) is 11.1. The van der Waals surface area contributed by atoms with Crippen molar-refractivity contribution in [2.75, 3.05) is 14.2 Å². The van der Waals surface area contributed by atoms with Gasteiger partial charge >= 0.3 is 0 Å². The number of rotatable bonds is 3. The third kappa shape index (κ3) is 2.57. The van der Waals surface area contributed by atoms with Crippen LogP contribution in [0.2, 0.25) is 0 Å². The SMILES string of the molecule is COc1ccc(C2(O)CC(C)CCC2C)cc1OC. The second kappa shape index (κ2) is 5.41. The molecule has 1 aromatic rings. The molecule has 1 fully saturated rings. The summed E-state index contributed by atoms with van der Waals surface area (Å²) in [6, 6.07) is 5.74. The Labute approximate surface area is 115 Å². The van der Waals surface area contributed by atoms with Crippen molar-refractivity contribution in [2.24, 2.45) is 11.8 Å². The van der Waals surface area contributed by atoms with Crippen LogP contribution in [0.5, 0.6) is 11.5 Å². The molecule has 1 N–H and O–H groups in total. The van der Waals surface area contributed by atoms with Gasteiger partial charge in [0.15, 0.2) is 11.5 Å². The summed E-state index contributed by atoms with van der Waals surface area (Å²) >= 11 is 0. The molecule has 106 valence electrons. The molecule has 0 heterocycles. The van der Waals surface area contributed by atoms with Gasteiger partial charge in [0, 0.05) is 0 Å². The quantitative estimate of drug-likeness (QED) is 0.910. The van der Waals surface area contributed by atoms with Gasteiger partial charge in [0.25, 0.3) is 0 Å². The minimum atomic E-state index is -0.753. The van der Waals surface area contributed by atoms with E-state index < -0.39 is 5.60 Å². The fourth-order valence-electron chi connectivity index (χ4n) is 3.12. The van der Waals surface area contributed by atoms with Crippen molar-refractivity contribution in [1.29, 1.82) is 0 Å². The summed E-state index contributed by atoms with van der Waals surface area (Å²) in [5.74, 6) is 2.20. The second-order valence-electron chi connectivity index (χ2n) is 5.78. The van der Waals surface area contributed by atoms with Gasteiger partial charge in [0.2, 0.25) is 0 Å². The topological polar surface area (TPSA) is 38.7 Å². The van der Waals surface area contributed by atoms with Crippen molar-refractivity contribution < 1.29 is 14.6 Å². The van der Waals surface area contributed by atoms with Crippen molar-refractivity contribution in [1.82, 2.24) is 0 Å². The average Bonchev–Trinajstić information content (AvgIpc) is 2.42. The highest BCUT2D eigenvalue weighted by molar-refractivity contribution is 5.44. The second-order valence-corrected chi connectivity index (χ2v) is 5.78. The van der Waals surface area contributed by atoms with Crippen molar-refractivity contribution in [3.8, 4) is 11.5 Å². The molecule has 1 aliphatic rings. The molecule has 0 radical (unpaired) electrons. The van der Waals surface area contributed by atoms with Gasteiger partial charge in [-0.25, -0.2) is 0 Å². The van der Waals surface area contributed by atoms with Crippen molar-refractivity contribution in [3.63, 3.8) is 0 Å². The van der Waals surface area contributed by atoms with Crippen LogP contribution in [-0.2, 0) is 5.60 Å². The van der Waals surface area contributed by atoms with Crippen LogP contribution < -0.4 is 9.47 Å². The number of benzene rings is 1. The largest absolute Gasteiger partial charge is 0.493 e. The number of hydrogen-bond donors (Lipinski definition) is 1. The molecule has 0 bridgehead atoms. The zero-order valence-electron chi connectivity index (χ0n) is 12.3. The highest BCUT2D eigenvalue weighted by atomic mass is 16.5. The molecule has 19 heavy (non-hydrogen) atoms. The lowest BCUT2D eigenvalue weighted by Crippen LogP contribution is -2.39. The van der Waals surface area contributed by atoms with E-state index in [1.54, 1.807) is 14.2 Å². The first-order valence-corrected chi connectivity index (χ1v) is 6.96. The van der Waals surface area contributed by atoms with Crippen LogP contribution in [0.25, 0.3) is 0 Å². The molecular weight excluding hydrogens is 240 g/mol. The van der Waals surface area contributed by atoms with Crippen LogP contribution in [0, 0.1) is 11.8 Å². The van der Waals surface area contributed by atoms with E-state index in [0.29, 0.717) is 17.4 Å². The predicted octanol–water partition coefficient (Wildman–Crippen LogP) is 3.35. The molecule has 0 amide bonds. The standard InChI is InChI=1S/C16H24O3/c1-11-5-6-12(2)16(17,10-11)13-7-8-14(18-3)15(9-13)19-4/h7-9,11-12,17H,5-6,10H2,1-4H3. The third-order valence-electron chi connectivity index (χ3n) is 4.45. The Morgan fingerprint density at radius 1 is 1.11 bits per heavy atom. The van der Waals surface area contributed by atoms with Crippen molar-refractivity contribution >= 4 is 0 Å². The van der Waals surface area contributed by atoms with Crippen LogP contribution in [-0.4, -0.2) is 19.3 Å². The van der Waals surface area contributed by atoms with E-state index in [1.165, 1.54) is 6.42 Å². The molecule has 1 saturated carbocycles. The maximum absolute atomic E-state index is 11.1.